The first kappa shape index (κ1) is 8.78. The monoisotopic (exact) mass is 253 g/mol. The highest BCUT2D eigenvalue weighted by atomic mass is 79.9. The molecular weight excluding hydrogens is 246 g/mol. The van der Waals surface area contributed by atoms with Crippen molar-refractivity contribution in [1.29, 1.82) is 0 Å². The number of halogens is 1. The highest BCUT2D eigenvalue weighted by Gasteiger charge is 2.00. The zero-order chi connectivity index (χ0) is 9.26. The predicted octanol–water partition coefficient (Wildman–Crippen LogP) is 3.76. The van der Waals surface area contributed by atoms with E-state index >= 15 is 0 Å². The Bertz CT molecular complexity index is 422. The molecule has 13 heavy (non-hydrogen) atoms. The van der Waals surface area contributed by atoms with E-state index in [0.29, 0.717) is 0 Å². The second-order valence-electron chi connectivity index (χ2n) is 2.73. The highest BCUT2D eigenvalue weighted by molar-refractivity contribution is 9.11. The van der Waals surface area contributed by atoms with Gasteiger partial charge >= 0.3 is 0 Å². The van der Waals surface area contributed by atoms with Crippen molar-refractivity contribution in [2.45, 2.75) is 0 Å². The van der Waals surface area contributed by atoms with Gasteiger partial charge in [-0.05, 0) is 45.8 Å². The van der Waals surface area contributed by atoms with Gasteiger partial charge in [-0.25, -0.2) is 0 Å². The summed E-state index contributed by atoms with van der Waals surface area (Å²) in [4.78, 5) is 1.24. The molecule has 2 N–H and O–H groups in total. The summed E-state index contributed by atoms with van der Waals surface area (Å²) in [6, 6.07) is 12.0. The molecule has 0 spiro atoms. The van der Waals surface area contributed by atoms with Crippen molar-refractivity contribution in [3.63, 3.8) is 0 Å². The molecule has 0 bridgehead atoms. The second kappa shape index (κ2) is 3.52. The van der Waals surface area contributed by atoms with Crippen LogP contribution in [0, 0.1) is 0 Å². The Kier molecular flexibility index (Phi) is 2.38. The van der Waals surface area contributed by atoms with E-state index in [9.17, 15) is 0 Å². The lowest BCUT2D eigenvalue weighted by Crippen LogP contribution is -1.83. The van der Waals surface area contributed by atoms with E-state index in [4.69, 9.17) is 5.73 Å². The van der Waals surface area contributed by atoms with Crippen LogP contribution in [0.25, 0.3) is 10.4 Å². The zero-order valence-electron chi connectivity index (χ0n) is 6.83. The fraction of sp³-hybridized carbons (Fsp3) is 0. The van der Waals surface area contributed by atoms with Gasteiger partial charge in [-0.1, -0.05) is 12.1 Å². The summed E-state index contributed by atoms with van der Waals surface area (Å²) >= 11 is 5.15. The van der Waals surface area contributed by atoms with Gasteiger partial charge in [0.25, 0.3) is 0 Å². The molecule has 1 nitrogen and oxygen atoms in total. The van der Waals surface area contributed by atoms with Crippen LogP contribution in [-0.4, -0.2) is 0 Å². The molecule has 1 aromatic heterocycles. The number of nitrogen functional groups attached to an aromatic ring is 1. The minimum atomic E-state index is 0.807. The van der Waals surface area contributed by atoms with E-state index in [1.165, 1.54) is 10.4 Å². The van der Waals surface area contributed by atoms with E-state index in [2.05, 4.69) is 28.1 Å². The smallest absolute Gasteiger partial charge is 0.0705 e. The lowest BCUT2D eigenvalue weighted by Gasteiger charge is -1.97. The molecule has 2 rings (SSSR count). The zero-order valence-corrected chi connectivity index (χ0v) is 9.23. The molecule has 0 aliphatic heterocycles. The molecule has 2 aromatic rings. The molecule has 1 aromatic carbocycles. The van der Waals surface area contributed by atoms with Crippen molar-refractivity contribution < 1.29 is 0 Å². The molecule has 0 amide bonds. The van der Waals surface area contributed by atoms with Crippen LogP contribution in [0.5, 0.6) is 0 Å². The van der Waals surface area contributed by atoms with Crippen LogP contribution in [0.4, 0.5) is 5.69 Å². The Morgan fingerprint density at radius 1 is 1.15 bits per heavy atom. The van der Waals surface area contributed by atoms with E-state index in [0.717, 1.165) is 9.47 Å². The van der Waals surface area contributed by atoms with Gasteiger partial charge in [-0.15, -0.1) is 11.3 Å². The first-order chi connectivity index (χ1) is 6.25. The van der Waals surface area contributed by atoms with Crippen molar-refractivity contribution in [1.82, 2.24) is 0 Å². The Balaban J connectivity index is 2.46. The molecule has 0 atom stereocenters. The first-order valence-electron chi connectivity index (χ1n) is 3.87. The minimum absolute atomic E-state index is 0.807. The third-order valence-electron chi connectivity index (χ3n) is 1.74. The third-order valence-corrected chi connectivity index (χ3v) is 3.42. The SMILES string of the molecule is Nc1cccc(-c2ccc(Br)s2)c1. The number of rotatable bonds is 1. The fourth-order valence-electron chi connectivity index (χ4n) is 1.16. The largest absolute Gasteiger partial charge is 0.399 e. The summed E-state index contributed by atoms with van der Waals surface area (Å²) in [5.74, 6) is 0. The lowest BCUT2D eigenvalue weighted by molar-refractivity contribution is 1.68. The van der Waals surface area contributed by atoms with E-state index in [1.54, 1.807) is 11.3 Å². The van der Waals surface area contributed by atoms with Crippen LogP contribution in [0.2, 0.25) is 0 Å². The van der Waals surface area contributed by atoms with Crippen LogP contribution in [0.3, 0.4) is 0 Å². The predicted molar refractivity (Wildman–Crippen MR) is 61.9 cm³/mol. The number of hydrogen-bond donors (Lipinski definition) is 1. The topological polar surface area (TPSA) is 26.0 Å². The Labute approximate surface area is 89.3 Å². The Morgan fingerprint density at radius 3 is 2.62 bits per heavy atom. The van der Waals surface area contributed by atoms with Crippen molar-refractivity contribution in [2.75, 3.05) is 5.73 Å². The van der Waals surface area contributed by atoms with Crippen LogP contribution >= 0.6 is 27.3 Å². The molecule has 0 unspecified atom stereocenters. The Morgan fingerprint density at radius 2 is 2.00 bits per heavy atom. The second-order valence-corrected chi connectivity index (χ2v) is 5.19. The maximum atomic E-state index is 5.70. The summed E-state index contributed by atoms with van der Waals surface area (Å²) in [5.41, 5.74) is 7.68. The summed E-state index contributed by atoms with van der Waals surface area (Å²) < 4.78 is 1.14. The van der Waals surface area contributed by atoms with Gasteiger partial charge in [0.1, 0.15) is 0 Å². The van der Waals surface area contributed by atoms with Crippen molar-refractivity contribution in [3.05, 3.63) is 40.2 Å². The number of anilines is 1. The number of hydrogen-bond acceptors (Lipinski definition) is 2. The average molecular weight is 254 g/mol. The van der Waals surface area contributed by atoms with E-state index in [1.807, 2.05) is 24.3 Å². The van der Waals surface area contributed by atoms with Gasteiger partial charge in [0, 0.05) is 10.6 Å². The highest BCUT2D eigenvalue weighted by Crippen LogP contribution is 2.31. The van der Waals surface area contributed by atoms with Crippen molar-refractivity contribution in [2.24, 2.45) is 0 Å². The van der Waals surface area contributed by atoms with E-state index in [-0.39, 0.29) is 0 Å². The van der Waals surface area contributed by atoms with Crippen molar-refractivity contribution >= 4 is 33.0 Å². The van der Waals surface area contributed by atoms with Crippen molar-refractivity contribution in [3.8, 4) is 10.4 Å². The normalized spacial score (nSPS) is 10.2. The first-order valence-corrected chi connectivity index (χ1v) is 5.48. The summed E-state index contributed by atoms with van der Waals surface area (Å²) in [6.45, 7) is 0. The number of nitrogens with two attached hydrogens (primary N) is 1. The van der Waals surface area contributed by atoms with Crippen LogP contribution < -0.4 is 5.73 Å². The van der Waals surface area contributed by atoms with Crippen LogP contribution in [0.1, 0.15) is 0 Å². The van der Waals surface area contributed by atoms with Gasteiger partial charge < -0.3 is 5.73 Å². The molecular formula is C10H8BrNS. The summed E-state index contributed by atoms with van der Waals surface area (Å²) in [5, 5.41) is 0. The molecule has 1 heterocycles. The fourth-order valence-corrected chi connectivity index (χ4v) is 2.54. The van der Waals surface area contributed by atoms with Gasteiger partial charge in [0.2, 0.25) is 0 Å². The average Bonchev–Trinajstić information content (AvgIpc) is 2.52. The summed E-state index contributed by atoms with van der Waals surface area (Å²) in [7, 11) is 0. The summed E-state index contributed by atoms with van der Waals surface area (Å²) in [6.07, 6.45) is 0. The standard InChI is InChI=1S/C10H8BrNS/c11-10-5-4-9(13-10)7-2-1-3-8(12)6-7/h1-6H,12H2. The molecule has 66 valence electrons. The van der Waals surface area contributed by atoms with Gasteiger partial charge in [0.05, 0.1) is 3.79 Å². The molecule has 0 aliphatic carbocycles. The lowest BCUT2D eigenvalue weighted by atomic mass is 10.2. The van der Waals surface area contributed by atoms with Crippen LogP contribution in [-0.2, 0) is 0 Å². The molecule has 0 radical (unpaired) electrons. The molecule has 0 saturated heterocycles. The van der Waals surface area contributed by atoms with E-state index < -0.39 is 0 Å². The maximum absolute atomic E-state index is 5.70. The molecule has 0 saturated carbocycles. The Hall–Kier alpha value is -0.800. The minimum Gasteiger partial charge on any atom is -0.399 e. The van der Waals surface area contributed by atoms with Gasteiger partial charge in [0.15, 0.2) is 0 Å². The van der Waals surface area contributed by atoms with Gasteiger partial charge in [-0.3, -0.25) is 0 Å². The molecule has 0 aliphatic rings. The number of benzene rings is 1. The molecule has 3 heteroatoms. The quantitative estimate of drug-likeness (QED) is 0.770. The van der Waals surface area contributed by atoms with Crippen LogP contribution in [0.15, 0.2) is 40.2 Å². The molecule has 0 fully saturated rings. The number of thiophene rings is 1. The van der Waals surface area contributed by atoms with Gasteiger partial charge in [-0.2, -0.15) is 0 Å². The maximum Gasteiger partial charge on any atom is 0.0705 e. The third kappa shape index (κ3) is 1.92.